The summed E-state index contributed by atoms with van der Waals surface area (Å²) < 4.78 is 11.3. The van der Waals surface area contributed by atoms with Crippen molar-refractivity contribution in [3.8, 4) is 17.6 Å². The van der Waals surface area contributed by atoms with Crippen molar-refractivity contribution >= 4 is 23.6 Å². The van der Waals surface area contributed by atoms with Crippen molar-refractivity contribution in [2.24, 2.45) is 0 Å². The van der Waals surface area contributed by atoms with E-state index in [9.17, 15) is 10.1 Å². The van der Waals surface area contributed by atoms with Gasteiger partial charge >= 0.3 is 0 Å². The number of rotatable bonds is 7. The highest BCUT2D eigenvalue weighted by molar-refractivity contribution is 6.32. The molecule has 0 aliphatic carbocycles. The Hall–Kier alpha value is -2.97. The van der Waals surface area contributed by atoms with Crippen LogP contribution in [0, 0.1) is 18.3 Å². The first-order chi connectivity index (χ1) is 13.3. The Morgan fingerprint density at radius 3 is 2.68 bits per heavy atom. The third-order valence-electron chi connectivity index (χ3n) is 3.81. The van der Waals surface area contributed by atoms with Crippen molar-refractivity contribution in [1.29, 1.82) is 5.26 Å². The van der Waals surface area contributed by atoms with Crippen LogP contribution in [-0.4, -0.2) is 19.1 Å². The molecular weight excluding hydrogens is 376 g/mol. The van der Waals surface area contributed by atoms with Crippen molar-refractivity contribution in [3.63, 3.8) is 0 Å². The molecule has 5 nitrogen and oxygen atoms in total. The number of nitriles is 1. The first-order valence-corrected chi connectivity index (χ1v) is 9.20. The Balaban J connectivity index is 2.28. The molecule has 2 aromatic carbocycles. The molecule has 1 N–H and O–H groups in total. The maximum atomic E-state index is 12.1. The van der Waals surface area contributed by atoms with E-state index in [2.05, 4.69) is 5.32 Å². The monoisotopic (exact) mass is 398 g/mol. The summed E-state index contributed by atoms with van der Waals surface area (Å²) in [5.74, 6) is 0.397. The van der Waals surface area contributed by atoms with Crippen LogP contribution in [0.4, 0.5) is 0 Å². The van der Waals surface area contributed by atoms with Gasteiger partial charge in [0.25, 0.3) is 5.91 Å². The van der Waals surface area contributed by atoms with E-state index in [-0.39, 0.29) is 11.6 Å². The Labute approximate surface area is 170 Å². The minimum absolute atomic E-state index is 0.0137. The van der Waals surface area contributed by atoms with E-state index < -0.39 is 5.91 Å². The van der Waals surface area contributed by atoms with Crippen LogP contribution in [0.15, 0.2) is 42.0 Å². The number of carbonyl (C=O) groups is 1. The number of nitrogens with one attached hydrogen (secondary N) is 1. The first kappa shape index (κ1) is 21.3. The fourth-order valence-electron chi connectivity index (χ4n) is 2.58. The van der Waals surface area contributed by atoms with Crippen molar-refractivity contribution in [3.05, 3.63) is 63.7 Å². The smallest absolute Gasteiger partial charge is 0.262 e. The lowest BCUT2D eigenvalue weighted by Crippen LogP contribution is -2.30. The standard InChI is InChI=1S/C22H23ClN2O3/c1-14(2)25-22(26)18(12-24)9-17-10-19(23)21(20(11-17)27-4)28-13-16-7-5-6-15(3)8-16/h5-11,14H,13H2,1-4H3,(H,25,26)/b18-9-. The largest absolute Gasteiger partial charge is 0.493 e. The zero-order valence-electron chi connectivity index (χ0n) is 16.4. The maximum Gasteiger partial charge on any atom is 0.262 e. The van der Waals surface area contributed by atoms with Crippen LogP contribution >= 0.6 is 11.6 Å². The zero-order valence-corrected chi connectivity index (χ0v) is 17.1. The number of methoxy groups -OCH3 is 1. The first-order valence-electron chi connectivity index (χ1n) is 8.82. The van der Waals surface area contributed by atoms with Gasteiger partial charge in [0.15, 0.2) is 11.5 Å². The van der Waals surface area contributed by atoms with E-state index in [0.29, 0.717) is 28.7 Å². The molecule has 0 unspecified atom stereocenters. The van der Waals surface area contributed by atoms with Crippen molar-refractivity contribution < 1.29 is 14.3 Å². The van der Waals surface area contributed by atoms with Crippen LogP contribution in [0.25, 0.3) is 6.08 Å². The number of carbonyl (C=O) groups excluding carboxylic acids is 1. The maximum absolute atomic E-state index is 12.1. The number of benzene rings is 2. The van der Waals surface area contributed by atoms with Gasteiger partial charge in [-0.1, -0.05) is 41.4 Å². The summed E-state index contributed by atoms with van der Waals surface area (Å²) in [7, 11) is 1.51. The van der Waals surface area contributed by atoms with Crippen LogP contribution in [0.3, 0.4) is 0 Å². The molecule has 6 heteroatoms. The second-order valence-electron chi connectivity index (χ2n) is 6.61. The van der Waals surface area contributed by atoms with Crippen molar-refractivity contribution in [2.75, 3.05) is 7.11 Å². The summed E-state index contributed by atoms with van der Waals surface area (Å²) in [6.45, 7) is 6.01. The average Bonchev–Trinajstić information content (AvgIpc) is 2.64. The van der Waals surface area contributed by atoms with Gasteiger partial charge < -0.3 is 14.8 Å². The molecule has 146 valence electrons. The highest BCUT2D eigenvalue weighted by atomic mass is 35.5. The fourth-order valence-corrected chi connectivity index (χ4v) is 2.85. The topological polar surface area (TPSA) is 71.3 Å². The molecule has 2 rings (SSSR count). The van der Waals surface area contributed by atoms with Gasteiger partial charge in [-0.3, -0.25) is 4.79 Å². The second kappa shape index (κ2) is 9.82. The second-order valence-corrected chi connectivity index (χ2v) is 7.02. The highest BCUT2D eigenvalue weighted by Crippen LogP contribution is 2.37. The van der Waals surface area contributed by atoms with E-state index in [0.717, 1.165) is 11.1 Å². The van der Waals surface area contributed by atoms with E-state index in [1.165, 1.54) is 13.2 Å². The summed E-state index contributed by atoms with van der Waals surface area (Å²) in [5, 5.41) is 12.3. The van der Waals surface area contributed by atoms with E-state index in [1.807, 2.05) is 51.1 Å². The minimum Gasteiger partial charge on any atom is -0.493 e. The number of amides is 1. The Bertz CT molecular complexity index is 930. The minimum atomic E-state index is -0.438. The number of nitrogens with zero attached hydrogens (tertiary/aromatic N) is 1. The molecule has 0 saturated carbocycles. The molecule has 0 saturated heterocycles. The van der Waals surface area contributed by atoms with Crippen LogP contribution in [0.1, 0.15) is 30.5 Å². The van der Waals surface area contributed by atoms with Crippen LogP contribution < -0.4 is 14.8 Å². The molecule has 0 spiro atoms. The predicted octanol–water partition coefficient (Wildman–Crippen LogP) is 4.67. The molecule has 0 aromatic heterocycles. The Morgan fingerprint density at radius 1 is 1.32 bits per heavy atom. The van der Waals surface area contributed by atoms with Crippen molar-refractivity contribution in [1.82, 2.24) is 5.32 Å². The Morgan fingerprint density at radius 2 is 2.07 bits per heavy atom. The number of aryl methyl sites for hydroxylation is 1. The quantitative estimate of drug-likeness (QED) is 0.543. The fraction of sp³-hybridized carbons (Fsp3) is 0.273. The normalized spacial score (nSPS) is 11.1. The van der Waals surface area contributed by atoms with E-state index >= 15 is 0 Å². The molecule has 2 aromatic rings. The van der Waals surface area contributed by atoms with Gasteiger partial charge in [-0.05, 0) is 50.1 Å². The molecule has 0 aliphatic rings. The summed E-state index contributed by atoms with van der Waals surface area (Å²) in [5.41, 5.74) is 2.71. The van der Waals surface area contributed by atoms with Gasteiger partial charge in [-0.2, -0.15) is 5.26 Å². The molecule has 1 amide bonds. The van der Waals surface area contributed by atoms with Gasteiger partial charge in [0.2, 0.25) is 0 Å². The molecule has 0 atom stereocenters. The third kappa shape index (κ3) is 5.77. The highest BCUT2D eigenvalue weighted by Gasteiger charge is 2.14. The Kier molecular flexibility index (Phi) is 7.48. The van der Waals surface area contributed by atoms with Crippen LogP contribution in [0.5, 0.6) is 11.5 Å². The van der Waals surface area contributed by atoms with Crippen LogP contribution in [-0.2, 0) is 11.4 Å². The van der Waals surface area contributed by atoms with Gasteiger partial charge in [-0.15, -0.1) is 0 Å². The molecule has 0 heterocycles. The van der Waals surface area contributed by atoms with Gasteiger partial charge in [0, 0.05) is 6.04 Å². The lowest BCUT2D eigenvalue weighted by Gasteiger charge is -2.14. The molecule has 0 bridgehead atoms. The summed E-state index contributed by atoms with van der Waals surface area (Å²) in [6, 6.07) is 13.1. The molecule has 28 heavy (non-hydrogen) atoms. The number of halogens is 1. The summed E-state index contributed by atoms with van der Waals surface area (Å²) in [6.07, 6.45) is 1.47. The van der Waals surface area contributed by atoms with Gasteiger partial charge in [-0.25, -0.2) is 0 Å². The number of hydrogen-bond acceptors (Lipinski definition) is 4. The summed E-state index contributed by atoms with van der Waals surface area (Å²) in [4.78, 5) is 12.1. The van der Waals surface area contributed by atoms with E-state index in [4.69, 9.17) is 21.1 Å². The number of hydrogen-bond donors (Lipinski definition) is 1. The number of ether oxygens (including phenoxy) is 2. The van der Waals surface area contributed by atoms with Gasteiger partial charge in [0.05, 0.1) is 12.1 Å². The summed E-state index contributed by atoms with van der Waals surface area (Å²) >= 11 is 6.38. The predicted molar refractivity (Wildman–Crippen MR) is 110 cm³/mol. The molecule has 0 radical (unpaired) electrons. The molecule has 0 fully saturated rings. The zero-order chi connectivity index (χ0) is 20.7. The molecular formula is C22H23ClN2O3. The van der Waals surface area contributed by atoms with Gasteiger partial charge in [0.1, 0.15) is 18.2 Å². The SMILES string of the molecule is COc1cc(/C=C(/C#N)C(=O)NC(C)C)cc(Cl)c1OCc1cccc(C)c1. The molecule has 0 aliphatic heterocycles. The lowest BCUT2D eigenvalue weighted by molar-refractivity contribution is -0.117. The third-order valence-corrected chi connectivity index (χ3v) is 4.09. The van der Waals surface area contributed by atoms with E-state index in [1.54, 1.807) is 12.1 Å². The average molecular weight is 399 g/mol. The lowest BCUT2D eigenvalue weighted by atomic mass is 10.1. The van der Waals surface area contributed by atoms with Crippen LogP contribution in [0.2, 0.25) is 5.02 Å². The van der Waals surface area contributed by atoms with Crippen molar-refractivity contribution in [2.45, 2.75) is 33.4 Å².